The van der Waals surface area contributed by atoms with Gasteiger partial charge in [0.1, 0.15) is 0 Å². The molecule has 0 heterocycles. The van der Waals surface area contributed by atoms with Crippen LogP contribution in [0.1, 0.15) is 22.8 Å². The van der Waals surface area contributed by atoms with Gasteiger partial charge < -0.3 is 15.2 Å². The zero-order chi connectivity index (χ0) is 16.8. The predicted molar refractivity (Wildman–Crippen MR) is 86.6 cm³/mol. The molecule has 0 bridgehead atoms. The van der Waals surface area contributed by atoms with E-state index in [1.807, 2.05) is 6.07 Å². The Labute approximate surface area is 136 Å². The summed E-state index contributed by atoms with van der Waals surface area (Å²) in [4.78, 5) is 12.3. The van der Waals surface area contributed by atoms with Crippen molar-refractivity contribution in [3.05, 3.63) is 64.9 Å². The van der Waals surface area contributed by atoms with Gasteiger partial charge in [-0.25, -0.2) is 4.79 Å². The first-order chi connectivity index (χ1) is 11.0. The largest absolute Gasteiger partial charge is 0.733 e. The molecular weight excluding hydrogens is 318 g/mol. The molecule has 0 aliphatic heterocycles. The average molecular weight is 334 g/mol. The highest BCUT2D eigenvalue weighted by Gasteiger charge is 2.14. The molecule has 0 amide bonds. The summed E-state index contributed by atoms with van der Waals surface area (Å²) in [5.41, 5.74) is 0.392. The maximum atomic E-state index is 12.3. The fraction of sp³-hybridized carbons (Fsp3) is 0.188. The third-order valence-electron chi connectivity index (χ3n) is 3.10. The predicted octanol–water partition coefficient (Wildman–Crippen LogP) is 2.86. The highest BCUT2D eigenvalue weighted by molar-refractivity contribution is 7.84. The summed E-state index contributed by atoms with van der Waals surface area (Å²) in [5.74, 6) is -0.548. The second kappa shape index (κ2) is 7.87. The van der Waals surface area contributed by atoms with Gasteiger partial charge in [-0.1, -0.05) is 24.3 Å². The van der Waals surface area contributed by atoms with Gasteiger partial charge in [0.2, 0.25) is 0 Å². The van der Waals surface area contributed by atoms with Gasteiger partial charge >= 0.3 is 5.97 Å². The summed E-state index contributed by atoms with van der Waals surface area (Å²) in [5, 5.41) is 20.3. The van der Waals surface area contributed by atoms with E-state index >= 15 is 0 Å². The molecule has 0 radical (unpaired) electrons. The number of rotatable bonds is 6. The number of hydrogen-bond acceptors (Lipinski definition) is 6. The maximum Gasteiger partial charge on any atom is 0.338 e. The SMILES string of the molecule is CCOC(=O)c1ccc(CS(=O)c2ccccc2)c(N([O-])O)c1. The Morgan fingerprint density at radius 3 is 2.57 bits per heavy atom. The van der Waals surface area contributed by atoms with Crippen molar-refractivity contribution in [1.82, 2.24) is 0 Å². The Morgan fingerprint density at radius 2 is 1.96 bits per heavy atom. The number of nitrogens with zero attached hydrogens (tertiary/aromatic N) is 1. The number of benzene rings is 2. The molecule has 2 rings (SSSR count). The molecule has 122 valence electrons. The monoisotopic (exact) mass is 334 g/mol. The van der Waals surface area contributed by atoms with Crippen molar-refractivity contribution < 1.29 is 18.9 Å². The van der Waals surface area contributed by atoms with Crippen molar-refractivity contribution in [3.63, 3.8) is 0 Å². The molecule has 6 nitrogen and oxygen atoms in total. The van der Waals surface area contributed by atoms with E-state index in [0.717, 1.165) is 0 Å². The fourth-order valence-corrected chi connectivity index (χ4v) is 3.16. The number of esters is 1. The summed E-state index contributed by atoms with van der Waals surface area (Å²) in [6, 6.07) is 13.0. The Hall–Kier alpha value is -2.22. The van der Waals surface area contributed by atoms with Crippen LogP contribution in [0.15, 0.2) is 53.4 Å². The van der Waals surface area contributed by atoms with E-state index in [-0.39, 0.29) is 28.8 Å². The van der Waals surface area contributed by atoms with E-state index in [0.29, 0.717) is 10.5 Å². The van der Waals surface area contributed by atoms with Gasteiger partial charge in [-0.2, -0.15) is 0 Å². The first-order valence-electron chi connectivity index (χ1n) is 6.92. The molecule has 0 aromatic heterocycles. The number of carbonyl (C=O) groups excluding carboxylic acids is 1. The van der Waals surface area contributed by atoms with Crippen LogP contribution in [0.2, 0.25) is 0 Å². The van der Waals surface area contributed by atoms with Crippen molar-refractivity contribution in [2.24, 2.45) is 0 Å². The van der Waals surface area contributed by atoms with Gasteiger partial charge in [-0.3, -0.25) is 9.42 Å². The molecule has 1 unspecified atom stereocenters. The Balaban J connectivity index is 2.28. The molecule has 1 N–H and O–H groups in total. The molecule has 23 heavy (non-hydrogen) atoms. The van der Waals surface area contributed by atoms with E-state index in [4.69, 9.17) is 4.74 Å². The van der Waals surface area contributed by atoms with Crippen LogP contribution in [0.3, 0.4) is 0 Å². The number of hydrogen-bond donors (Lipinski definition) is 1. The molecule has 0 aliphatic rings. The average Bonchev–Trinajstić information content (AvgIpc) is 2.56. The third kappa shape index (κ3) is 4.38. The standard InChI is InChI=1S/C16H16NO5S/c1-2-22-16(18)12-8-9-13(15(10-12)17(19)20)11-23(21)14-6-4-3-5-7-14/h3-10,19H,2,11H2,1H3/q-1. The van der Waals surface area contributed by atoms with Crippen LogP contribution in [-0.2, 0) is 21.3 Å². The Kier molecular flexibility index (Phi) is 5.86. The molecular formula is C16H16NO5S-. The zero-order valence-corrected chi connectivity index (χ0v) is 13.3. The minimum Gasteiger partial charge on any atom is -0.733 e. The van der Waals surface area contributed by atoms with Crippen LogP contribution in [-0.4, -0.2) is 22.0 Å². The molecule has 0 saturated heterocycles. The van der Waals surface area contributed by atoms with Crippen molar-refractivity contribution in [2.45, 2.75) is 17.6 Å². The van der Waals surface area contributed by atoms with Crippen molar-refractivity contribution in [2.75, 3.05) is 11.8 Å². The van der Waals surface area contributed by atoms with Crippen LogP contribution in [0, 0.1) is 5.21 Å². The normalized spacial score (nSPS) is 11.8. The van der Waals surface area contributed by atoms with E-state index in [1.165, 1.54) is 18.2 Å². The Morgan fingerprint density at radius 1 is 1.26 bits per heavy atom. The quantitative estimate of drug-likeness (QED) is 0.645. The fourth-order valence-electron chi connectivity index (χ4n) is 2.00. The molecule has 0 spiro atoms. The molecule has 0 saturated carbocycles. The molecule has 7 heteroatoms. The minimum absolute atomic E-state index is 0.0434. The van der Waals surface area contributed by atoms with Crippen LogP contribution < -0.4 is 5.23 Å². The summed E-state index contributed by atoms with van der Waals surface area (Å²) < 4.78 is 17.2. The van der Waals surface area contributed by atoms with Gasteiger partial charge in [0.05, 0.1) is 34.4 Å². The number of anilines is 1. The van der Waals surface area contributed by atoms with Gasteiger partial charge in [0, 0.05) is 4.90 Å². The van der Waals surface area contributed by atoms with Gasteiger partial charge in [0.25, 0.3) is 0 Å². The first-order valence-corrected chi connectivity index (χ1v) is 8.24. The van der Waals surface area contributed by atoms with E-state index < -0.39 is 16.8 Å². The maximum absolute atomic E-state index is 12.3. The molecule has 1 atom stereocenters. The number of carbonyl (C=O) groups is 1. The lowest BCUT2D eigenvalue weighted by molar-refractivity contribution is 0.0526. The molecule has 2 aromatic rings. The summed E-state index contributed by atoms with van der Waals surface area (Å²) in [6.07, 6.45) is 0. The highest BCUT2D eigenvalue weighted by Crippen LogP contribution is 2.24. The summed E-state index contributed by atoms with van der Waals surface area (Å²) >= 11 is 0. The van der Waals surface area contributed by atoms with Crippen molar-refractivity contribution in [3.8, 4) is 0 Å². The summed E-state index contributed by atoms with van der Waals surface area (Å²) in [6.45, 7) is 1.87. The minimum atomic E-state index is -1.37. The molecule has 2 aromatic carbocycles. The summed E-state index contributed by atoms with van der Waals surface area (Å²) in [7, 11) is -1.37. The second-order valence-electron chi connectivity index (χ2n) is 4.64. The van der Waals surface area contributed by atoms with Crippen LogP contribution >= 0.6 is 0 Å². The smallest absolute Gasteiger partial charge is 0.338 e. The zero-order valence-electron chi connectivity index (χ0n) is 12.5. The highest BCUT2D eigenvalue weighted by atomic mass is 32.2. The number of ether oxygens (including phenoxy) is 1. The van der Waals surface area contributed by atoms with Gasteiger partial charge in [-0.15, -0.1) is 0 Å². The lowest BCUT2D eigenvalue weighted by Crippen LogP contribution is -2.13. The molecule has 0 fully saturated rings. The van der Waals surface area contributed by atoms with Crippen LogP contribution in [0.5, 0.6) is 0 Å². The van der Waals surface area contributed by atoms with Gasteiger partial charge in [0.15, 0.2) is 0 Å². The molecule has 0 aliphatic carbocycles. The van der Waals surface area contributed by atoms with E-state index in [2.05, 4.69) is 0 Å². The van der Waals surface area contributed by atoms with E-state index in [9.17, 15) is 19.4 Å². The first kappa shape index (κ1) is 17.1. The van der Waals surface area contributed by atoms with E-state index in [1.54, 1.807) is 31.2 Å². The van der Waals surface area contributed by atoms with Crippen LogP contribution in [0.25, 0.3) is 0 Å². The second-order valence-corrected chi connectivity index (χ2v) is 6.09. The van der Waals surface area contributed by atoms with Gasteiger partial charge in [-0.05, 0) is 36.8 Å². The lowest BCUT2D eigenvalue weighted by Gasteiger charge is -2.25. The lowest BCUT2D eigenvalue weighted by atomic mass is 10.1. The van der Waals surface area contributed by atoms with Crippen molar-refractivity contribution >= 4 is 22.5 Å². The Bertz CT molecular complexity index is 703. The van der Waals surface area contributed by atoms with Crippen LogP contribution in [0.4, 0.5) is 5.69 Å². The third-order valence-corrected chi connectivity index (χ3v) is 4.47. The van der Waals surface area contributed by atoms with Crippen molar-refractivity contribution in [1.29, 1.82) is 0 Å². The topological polar surface area (TPSA) is 89.9 Å².